The van der Waals surface area contributed by atoms with E-state index in [2.05, 4.69) is 0 Å². The molecule has 120 valence electrons. The van der Waals surface area contributed by atoms with E-state index in [4.69, 9.17) is 18.8 Å². The number of carbonyl (C=O) groups is 1. The Kier molecular flexibility index (Phi) is 4.61. The Hall–Kier alpha value is -1.44. The van der Waals surface area contributed by atoms with E-state index < -0.39 is 30.6 Å². The average Bonchev–Trinajstić information content (AvgIpc) is 2.76. The van der Waals surface area contributed by atoms with Gasteiger partial charge >= 0.3 is 13.1 Å². The summed E-state index contributed by atoms with van der Waals surface area (Å²) in [5.41, 5.74) is -1.19. The molecule has 0 aliphatic carbocycles. The van der Waals surface area contributed by atoms with Crippen molar-refractivity contribution in [1.82, 2.24) is 0 Å². The summed E-state index contributed by atoms with van der Waals surface area (Å²) in [6.07, 6.45) is -1.64. The molecule has 1 aromatic rings. The molecule has 0 bridgehead atoms. The lowest BCUT2D eigenvalue weighted by Gasteiger charge is -2.37. The third-order valence-electron chi connectivity index (χ3n) is 4.17. The Bertz CT molecular complexity index is 565. The normalized spacial score (nSPS) is 25.1. The molecule has 0 amide bonds. The van der Waals surface area contributed by atoms with Crippen molar-refractivity contribution in [3.8, 4) is 0 Å². The molecule has 0 N–H and O–H groups in total. The lowest BCUT2D eigenvalue weighted by Crippen LogP contribution is -2.52. The highest BCUT2D eigenvalue weighted by Crippen LogP contribution is 2.41. The van der Waals surface area contributed by atoms with E-state index in [-0.39, 0.29) is 0 Å². The highest BCUT2D eigenvalue weighted by atomic mass is 19.1. The molecule has 5 nitrogen and oxygen atoms in total. The highest BCUT2D eigenvalue weighted by Gasteiger charge is 2.59. The zero-order valence-electron chi connectivity index (χ0n) is 13.4. The van der Waals surface area contributed by atoms with Crippen molar-refractivity contribution >= 4 is 18.6 Å². The van der Waals surface area contributed by atoms with E-state index >= 15 is 0 Å². The molecule has 0 aromatic heterocycles. The summed E-state index contributed by atoms with van der Waals surface area (Å²) >= 11 is 0. The standard InChI is InChI=1S/C15H20BFO5/c1-14(2)15(3,13(17)20-5)22-16(21-14)11-8-6-7-10(9-11)12(18)19-4/h6-9,13H,1-5H3. The molecular formula is C15H20BFO5. The van der Waals surface area contributed by atoms with Gasteiger partial charge in [-0.2, -0.15) is 0 Å². The minimum Gasteiger partial charge on any atom is -0.465 e. The molecule has 1 saturated heterocycles. The largest absolute Gasteiger partial charge is 0.495 e. The van der Waals surface area contributed by atoms with Crippen molar-refractivity contribution in [3.05, 3.63) is 29.8 Å². The lowest BCUT2D eigenvalue weighted by atomic mass is 9.78. The van der Waals surface area contributed by atoms with Gasteiger partial charge < -0.3 is 18.8 Å². The van der Waals surface area contributed by atoms with Crippen molar-refractivity contribution in [2.45, 2.75) is 38.3 Å². The van der Waals surface area contributed by atoms with Crippen molar-refractivity contribution in [3.63, 3.8) is 0 Å². The second-order valence-corrected chi connectivity index (χ2v) is 5.85. The summed E-state index contributed by atoms with van der Waals surface area (Å²) in [4.78, 5) is 11.6. The highest BCUT2D eigenvalue weighted by molar-refractivity contribution is 6.62. The third kappa shape index (κ3) is 2.76. The molecule has 1 aliphatic rings. The van der Waals surface area contributed by atoms with Crippen molar-refractivity contribution < 1.29 is 28.0 Å². The van der Waals surface area contributed by atoms with Gasteiger partial charge in [0.1, 0.15) is 5.60 Å². The van der Waals surface area contributed by atoms with Gasteiger partial charge in [-0.05, 0) is 38.4 Å². The van der Waals surface area contributed by atoms with E-state index in [0.29, 0.717) is 11.0 Å². The molecule has 2 atom stereocenters. The Labute approximate surface area is 129 Å². The summed E-state index contributed by atoms with van der Waals surface area (Å²) in [6, 6.07) is 6.68. The van der Waals surface area contributed by atoms with Crippen LogP contribution in [0.25, 0.3) is 0 Å². The number of hydrogen-bond donors (Lipinski definition) is 0. The molecule has 2 unspecified atom stereocenters. The van der Waals surface area contributed by atoms with Gasteiger partial charge in [-0.3, -0.25) is 0 Å². The van der Waals surface area contributed by atoms with Crippen LogP contribution in [-0.4, -0.2) is 44.9 Å². The molecule has 2 rings (SSSR count). The maximum absolute atomic E-state index is 14.2. The van der Waals surface area contributed by atoms with E-state index in [1.54, 1.807) is 45.0 Å². The van der Waals surface area contributed by atoms with E-state index in [1.807, 2.05) is 0 Å². The van der Waals surface area contributed by atoms with Crippen LogP contribution in [0.4, 0.5) is 4.39 Å². The number of esters is 1. The van der Waals surface area contributed by atoms with Gasteiger partial charge in [0.15, 0.2) is 0 Å². The first-order valence-corrected chi connectivity index (χ1v) is 6.96. The van der Waals surface area contributed by atoms with Crippen LogP contribution in [0.2, 0.25) is 0 Å². The van der Waals surface area contributed by atoms with Crippen LogP contribution in [0.1, 0.15) is 31.1 Å². The maximum Gasteiger partial charge on any atom is 0.495 e. The van der Waals surface area contributed by atoms with Crippen LogP contribution in [0, 0.1) is 0 Å². The molecule has 0 spiro atoms. The quantitative estimate of drug-likeness (QED) is 0.626. The van der Waals surface area contributed by atoms with Gasteiger partial charge in [-0.25, -0.2) is 9.18 Å². The molecule has 1 fully saturated rings. The van der Waals surface area contributed by atoms with Crippen LogP contribution in [0.15, 0.2) is 24.3 Å². The van der Waals surface area contributed by atoms with Gasteiger partial charge in [0, 0.05) is 7.11 Å². The van der Waals surface area contributed by atoms with E-state index in [9.17, 15) is 9.18 Å². The molecule has 1 heterocycles. The zero-order valence-corrected chi connectivity index (χ0v) is 13.4. The summed E-state index contributed by atoms with van der Waals surface area (Å²) in [7, 11) is 1.79. The Morgan fingerprint density at radius 1 is 1.27 bits per heavy atom. The van der Waals surface area contributed by atoms with Gasteiger partial charge in [-0.1, -0.05) is 12.1 Å². The van der Waals surface area contributed by atoms with Crippen LogP contribution in [0.3, 0.4) is 0 Å². The lowest BCUT2D eigenvalue weighted by molar-refractivity contribution is -0.168. The first-order valence-electron chi connectivity index (χ1n) is 6.96. The number of alkyl halides is 1. The fourth-order valence-corrected chi connectivity index (χ4v) is 2.39. The number of ether oxygens (including phenoxy) is 2. The molecular weight excluding hydrogens is 290 g/mol. The Morgan fingerprint density at radius 2 is 1.95 bits per heavy atom. The Balaban J connectivity index is 2.31. The summed E-state index contributed by atoms with van der Waals surface area (Å²) in [6.45, 7) is 5.08. The smallest absolute Gasteiger partial charge is 0.465 e. The third-order valence-corrected chi connectivity index (χ3v) is 4.17. The van der Waals surface area contributed by atoms with Gasteiger partial charge in [-0.15, -0.1) is 0 Å². The molecule has 1 aliphatic heterocycles. The number of carbonyl (C=O) groups excluding carboxylic acids is 1. The maximum atomic E-state index is 14.2. The van der Waals surface area contributed by atoms with Crippen molar-refractivity contribution in [1.29, 1.82) is 0 Å². The van der Waals surface area contributed by atoms with Gasteiger partial charge in [0.25, 0.3) is 0 Å². The van der Waals surface area contributed by atoms with Crippen molar-refractivity contribution in [2.75, 3.05) is 14.2 Å². The Morgan fingerprint density at radius 3 is 2.55 bits per heavy atom. The first-order chi connectivity index (χ1) is 10.2. The topological polar surface area (TPSA) is 54.0 Å². The number of benzene rings is 1. The average molecular weight is 310 g/mol. The van der Waals surface area contributed by atoms with Crippen LogP contribution in [0.5, 0.6) is 0 Å². The molecule has 22 heavy (non-hydrogen) atoms. The van der Waals surface area contributed by atoms with Gasteiger partial charge in [0.2, 0.25) is 6.36 Å². The molecule has 0 radical (unpaired) electrons. The predicted octanol–water partition coefficient (Wildman–Crippen LogP) is 1.69. The molecule has 1 aromatic carbocycles. The second kappa shape index (κ2) is 5.99. The number of hydrogen-bond acceptors (Lipinski definition) is 5. The summed E-state index contributed by atoms with van der Waals surface area (Å²) < 4.78 is 35.3. The molecule has 7 heteroatoms. The fourth-order valence-electron chi connectivity index (χ4n) is 2.39. The summed E-state index contributed by atoms with van der Waals surface area (Å²) in [5.74, 6) is -0.456. The monoisotopic (exact) mass is 310 g/mol. The number of rotatable bonds is 4. The minimum absolute atomic E-state index is 0.377. The second-order valence-electron chi connectivity index (χ2n) is 5.85. The van der Waals surface area contributed by atoms with Gasteiger partial charge in [0.05, 0.1) is 18.3 Å². The number of methoxy groups -OCH3 is 2. The first kappa shape index (κ1) is 16.9. The SMILES string of the molecule is COC(=O)c1cccc(B2OC(C)(C)C(C)(C(F)OC)O2)c1. The van der Waals surface area contributed by atoms with Crippen LogP contribution < -0.4 is 5.46 Å². The number of halogens is 1. The van der Waals surface area contributed by atoms with Crippen LogP contribution in [-0.2, 0) is 18.8 Å². The minimum atomic E-state index is -1.64. The fraction of sp³-hybridized carbons (Fsp3) is 0.533. The summed E-state index contributed by atoms with van der Waals surface area (Å²) in [5, 5.41) is 0. The predicted molar refractivity (Wildman–Crippen MR) is 79.7 cm³/mol. The van der Waals surface area contributed by atoms with E-state index in [1.165, 1.54) is 14.2 Å². The zero-order chi connectivity index (χ0) is 16.5. The van der Waals surface area contributed by atoms with Crippen molar-refractivity contribution in [2.24, 2.45) is 0 Å². The van der Waals surface area contributed by atoms with E-state index in [0.717, 1.165) is 0 Å². The van der Waals surface area contributed by atoms with Crippen LogP contribution >= 0.6 is 0 Å². The molecule has 0 saturated carbocycles.